The van der Waals surface area contributed by atoms with Crippen molar-refractivity contribution in [3.05, 3.63) is 65.2 Å². The van der Waals surface area contributed by atoms with Gasteiger partial charge in [0, 0.05) is 0 Å². The minimum absolute atomic E-state index is 0. The molecule has 4 saturated carbocycles. The smallest absolute Gasteiger partial charge is 0.119 e. The Morgan fingerprint density at radius 3 is 1.28 bits per heavy atom. The van der Waals surface area contributed by atoms with Gasteiger partial charge in [0.1, 0.15) is 24.6 Å². The Kier molecular flexibility index (Phi) is 20.5. The van der Waals surface area contributed by atoms with Crippen LogP contribution in [0.1, 0.15) is 108 Å². The number of allylic oxidation sites excluding steroid dienone is 1. The van der Waals surface area contributed by atoms with Gasteiger partial charge in [-0.1, -0.05) is 29.8 Å². The lowest BCUT2D eigenvalue weighted by Crippen LogP contribution is -3.00. The number of quaternary nitrogens is 2. The zero-order valence-electron chi connectivity index (χ0n) is 33.6. The second-order valence-corrected chi connectivity index (χ2v) is 16.9. The van der Waals surface area contributed by atoms with E-state index < -0.39 is 0 Å². The molecule has 0 radical (unpaired) electrons. The van der Waals surface area contributed by atoms with Crippen molar-refractivity contribution < 1.29 is 76.6 Å². The maximum atomic E-state index is 9.38. The van der Waals surface area contributed by atoms with Gasteiger partial charge < -0.3 is 76.6 Å². The summed E-state index contributed by atoms with van der Waals surface area (Å²) < 4.78 is 14.4. The molecule has 2 aromatic carbocycles. The van der Waals surface area contributed by atoms with Crippen molar-refractivity contribution in [2.24, 2.45) is 23.7 Å². The second-order valence-electron chi connectivity index (χ2n) is 16.9. The predicted molar refractivity (Wildman–Crippen MR) is 211 cm³/mol. The molecule has 2 atom stereocenters. The van der Waals surface area contributed by atoms with Crippen molar-refractivity contribution in [1.29, 1.82) is 0 Å². The summed E-state index contributed by atoms with van der Waals surface area (Å²) in [5.41, 5.74) is 5.86. The summed E-state index contributed by atoms with van der Waals surface area (Å²) in [6, 6.07) is 18.0. The third kappa shape index (κ3) is 13.6. The molecule has 4 bridgehead atoms. The van der Waals surface area contributed by atoms with Crippen LogP contribution < -0.4 is 57.4 Å². The van der Waals surface area contributed by atoms with Crippen LogP contribution in [0, 0.1) is 23.7 Å². The minimum atomic E-state index is 0. The van der Waals surface area contributed by atoms with Gasteiger partial charge in [-0.05, 0) is 162 Å². The Morgan fingerprint density at radius 2 is 0.925 bits per heavy atom. The number of likely N-dealkylation sites (N-methyl/N-ethyl adjacent to an activating group) is 2. The topological polar surface area (TPSA) is 58.9 Å². The number of aliphatic hydroxyl groups excluding tert-OH is 2. The normalized spacial score (nSPS) is 22.3. The van der Waals surface area contributed by atoms with Gasteiger partial charge in [-0.25, -0.2) is 0 Å². The highest BCUT2D eigenvalue weighted by molar-refractivity contribution is 5.83. The number of hydrogen-bond acceptors (Lipinski definition) is 4. The van der Waals surface area contributed by atoms with Crippen LogP contribution in [-0.4, -0.2) is 99.0 Å². The first-order chi connectivity index (χ1) is 24.8. The number of ether oxygens (including phenoxy) is 2. The van der Waals surface area contributed by atoms with E-state index in [1.54, 1.807) is 5.57 Å². The van der Waals surface area contributed by atoms with Gasteiger partial charge in [0.05, 0.1) is 66.7 Å². The molecule has 0 saturated heterocycles. The lowest BCUT2D eigenvalue weighted by atomic mass is 9.53. The summed E-state index contributed by atoms with van der Waals surface area (Å²) in [5, 5.41) is 18.8. The van der Waals surface area contributed by atoms with Crippen molar-refractivity contribution in [3.63, 3.8) is 0 Å². The Bertz CT molecular complexity index is 1240. The van der Waals surface area contributed by atoms with E-state index in [1.165, 1.54) is 87.3 Å². The zero-order chi connectivity index (χ0) is 36.1. The lowest BCUT2D eigenvalue weighted by molar-refractivity contribution is -0.908. The maximum absolute atomic E-state index is 9.38. The van der Waals surface area contributed by atoms with Gasteiger partial charge >= 0.3 is 0 Å². The number of benzene rings is 2. The number of rotatable bonds is 24. The highest BCUT2D eigenvalue weighted by Gasteiger charge is 2.46. The molecule has 2 N–H and O–H groups in total. The van der Waals surface area contributed by atoms with Gasteiger partial charge in [-0.3, -0.25) is 0 Å². The average Bonchev–Trinajstić information content (AvgIpc) is 3.13. The molecule has 2 unspecified atom stereocenters. The Balaban J connectivity index is 0.00000378. The fourth-order valence-electron chi connectivity index (χ4n) is 9.65. The van der Waals surface area contributed by atoms with Crippen molar-refractivity contribution in [2.75, 3.05) is 79.8 Å². The van der Waals surface area contributed by atoms with Crippen molar-refractivity contribution in [3.8, 4) is 11.5 Å². The van der Waals surface area contributed by atoms with Gasteiger partial charge in [0.15, 0.2) is 0 Å². The van der Waals surface area contributed by atoms with Gasteiger partial charge in [-0.2, -0.15) is 0 Å². The summed E-state index contributed by atoms with van der Waals surface area (Å²) >= 11 is 0. The molecule has 6 rings (SSSR count). The molecule has 300 valence electrons. The monoisotopic (exact) mass is 958 g/mol. The molecule has 6 nitrogen and oxygen atoms in total. The van der Waals surface area contributed by atoms with Crippen molar-refractivity contribution >= 4 is 5.57 Å². The zero-order valence-corrected chi connectivity index (χ0v) is 37.9. The van der Waals surface area contributed by atoms with E-state index in [4.69, 9.17) is 9.47 Å². The van der Waals surface area contributed by atoms with Crippen LogP contribution in [-0.2, 0) is 0 Å². The molecule has 0 spiro atoms. The highest BCUT2D eigenvalue weighted by Crippen LogP contribution is 2.58. The second kappa shape index (κ2) is 23.3. The first-order valence-corrected chi connectivity index (χ1v) is 20.9. The number of hydrogen-bond donors (Lipinski definition) is 2. The third-order valence-electron chi connectivity index (χ3n) is 13.1. The van der Waals surface area contributed by atoms with Crippen molar-refractivity contribution in [2.45, 2.75) is 97.3 Å². The van der Waals surface area contributed by atoms with Crippen LogP contribution in [0.2, 0.25) is 0 Å². The van der Waals surface area contributed by atoms with Crippen LogP contribution in [0.5, 0.6) is 11.5 Å². The fourth-order valence-corrected chi connectivity index (χ4v) is 9.65. The summed E-state index contributed by atoms with van der Waals surface area (Å²) in [6.07, 6.45) is 16.4. The Morgan fingerprint density at radius 1 is 0.547 bits per heavy atom. The van der Waals surface area contributed by atoms with E-state index in [9.17, 15) is 10.2 Å². The average molecular weight is 959 g/mol. The first kappa shape index (κ1) is 46.5. The highest BCUT2D eigenvalue weighted by atomic mass is 127. The van der Waals surface area contributed by atoms with Crippen molar-refractivity contribution in [1.82, 2.24) is 0 Å². The Labute approximate surface area is 357 Å². The number of unbranched alkanes of at least 4 members (excludes halogenated alkanes) is 6. The summed E-state index contributed by atoms with van der Waals surface area (Å²) in [6.45, 7) is 12.6. The largest absolute Gasteiger partial charge is 1.00 e. The SMILES string of the molecule is CC[N+](C)(CCO)CCCCCCOc1ccc(C(=C2C3CC4CC(C3)CC2C4)c2ccc(OCCCCCC[N+](C)(CC)CCO)cc2)cc1.[I-].[I-]. The van der Waals surface area contributed by atoms with Crippen LogP contribution >= 0.6 is 0 Å². The molecule has 0 aliphatic heterocycles. The summed E-state index contributed by atoms with van der Waals surface area (Å²) in [4.78, 5) is 0. The van der Waals surface area contributed by atoms with Crippen LogP contribution in [0.4, 0.5) is 0 Å². The summed E-state index contributed by atoms with van der Waals surface area (Å²) in [7, 11) is 4.51. The molecule has 0 heterocycles. The number of nitrogens with zero attached hydrogens (tertiary/aromatic N) is 2. The van der Waals surface area contributed by atoms with E-state index in [0.29, 0.717) is 0 Å². The fraction of sp³-hybridized carbons (Fsp3) is 0.689. The Hall–Kier alpha value is -0.920. The van der Waals surface area contributed by atoms with E-state index >= 15 is 0 Å². The maximum Gasteiger partial charge on any atom is 0.119 e. The molecule has 2 aromatic rings. The third-order valence-corrected chi connectivity index (χ3v) is 13.1. The quantitative estimate of drug-likeness (QED) is 0.0968. The van der Waals surface area contributed by atoms with E-state index in [-0.39, 0.29) is 61.2 Å². The molecular weight excluding hydrogens is 886 g/mol. The van der Waals surface area contributed by atoms with E-state index in [1.807, 2.05) is 0 Å². The lowest BCUT2D eigenvalue weighted by Gasteiger charge is -2.52. The van der Waals surface area contributed by atoms with Crippen LogP contribution in [0.15, 0.2) is 54.1 Å². The van der Waals surface area contributed by atoms with Crippen LogP contribution in [0.3, 0.4) is 0 Å². The summed E-state index contributed by atoms with van der Waals surface area (Å²) in [5.74, 6) is 5.29. The van der Waals surface area contributed by atoms with E-state index in [0.717, 1.165) is 109 Å². The number of aliphatic hydroxyl groups is 2. The first-order valence-electron chi connectivity index (χ1n) is 20.9. The molecule has 4 fully saturated rings. The van der Waals surface area contributed by atoms with Gasteiger partial charge in [-0.15, -0.1) is 0 Å². The molecule has 0 aromatic heterocycles. The standard InChI is InChI=1S/C45H72N2O4.2HI/c1-5-46(3,25-27-48)23-11-7-9-13-29-50-42-19-15-38(16-20-42)44(45-40-32-36-31-37(34-40)35-41(45)33-36)39-17-21-43(22-18-39)51-30-14-10-8-12-24-47(4,6-2)26-28-49;;/h15-22,36-37,40-41,48-49H,5-14,23-35H2,1-4H3;2*1H/q+2;;/p-2. The molecule has 53 heavy (non-hydrogen) atoms. The predicted octanol–water partition coefficient (Wildman–Crippen LogP) is 2.75. The van der Waals surface area contributed by atoms with Gasteiger partial charge in [0.25, 0.3) is 0 Å². The molecular formula is C45H72I2N2O4. The minimum Gasteiger partial charge on any atom is -1.00 e. The van der Waals surface area contributed by atoms with E-state index in [2.05, 4.69) is 76.5 Å². The molecule has 4 aliphatic carbocycles. The molecule has 0 amide bonds. The van der Waals surface area contributed by atoms with Gasteiger partial charge in [0.2, 0.25) is 0 Å². The number of halogens is 2. The molecule has 4 aliphatic rings. The van der Waals surface area contributed by atoms with Crippen LogP contribution in [0.25, 0.3) is 5.57 Å². The molecule has 8 heteroatoms.